The van der Waals surface area contributed by atoms with E-state index in [9.17, 15) is 31.5 Å². The molecule has 1 fully saturated rings. The van der Waals surface area contributed by atoms with Crippen LogP contribution in [0.5, 0.6) is 11.5 Å². The van der Waals surface area contributed by atoms with Crippen molar-refractivity contribution in [2.24, 2.45) is 5.92 Å². The predicted octanol–water partition coefficient (Wildman–Crippen LogP) is 5.96. The fourth-order valence-electron chi connectivity index (χ4n) is 4.20. The second kappa shape index (κ2) is 11.2. The molecular formula is C27H23F5N2O4. The minimum absolute atomic E-state index is 0.110. The fraction of sp³-hybridized carbons (Fsp3) is 0.259. The van der Waals surface area contributed by atoms with E-state index in [0.29, 0.717) is 29.2 Å². The van der Waals surface area contributed by atoms with Gasteiger partial charge in [0.1, 0.15) is 29.2 Å². The van der Waals surface area contributed by atoms with Gasteiger partial charge in [0, 0.05) is 12.2 Å². The van der Waals surface area contributed by atoms with Crippen molar-refractivity contribution in [3.05, 3.63) is 89.5 Å². The number of nitrogens with zero attached hydrogens (tertiary/aromatic N) is 1. The lowest BCUT2D eigenvalue weighted by Crippen LogP contribution is -2.43. The van der Waals surface area contributed by atoms with E-state index in [-0.39, 0.29) is 18.9 Å². The number of hydrogen-bond acceptors (Lipinski definition) is 5. The van der Waals surface area contributed by atoms with Gasteiger partial charge < -0.3 is 14.9 Å². The molecule has 3 aromatic rings. The highest BCUT2D eigenvalue weighted by molar-refractivity contribution is 5.95. The molecule has 200 valence electrons. The second-order valence-electron chi connectivity index (χ2n) is 8.94. The second-order valence-corrected chi connectivity index (χ2v) is 8.94. The van der Waals surface area contributed by atoms with Crippen LogP contribution >= 0.6 is 0 Å². The molecule has 0 spiro atoms. The molecule has 1 heterocycles. The molecule has 4 rings (SSSR count). The zero-order valence-corrected chi connectivity index (χ0v) is 20.1. The Morgan fingerprint density at radius 1 is 0.947 bits per heavy atom. The number of alkyl halides is 3. The number of rotatable bonds is 7. The molecule has 0 unspecified atom stereocenters. The summed E-state index contributed by atoms with van der Waals surface area (Å²) in [4.78, 5) is 29.1. The van der Waals surface area contributed by atoms with Crippen LogP contribution in [0.1, 0.15) is 17.5 Å². The van der Waals surface area contributed by atoms with Gasteiger partial charge in [0.25, 0.3) is 0 Å². The van der Waals surface area contributed by atoms with Crippen LogP contribution in [0.4, 0.5) is 27.6 Å². The third-order valence-corrected chi connectivity index (χ3v) is 6.06. The minimum atomic E-state index is -5.23. The zero-order chi connectivity index (χ0) is 27.4. The highest BCUT2D eigenvalue weighted by Crippen LogP contribution is 2.31. The Kier molecular flexibility index (Phi) is 7.96. The average Bonchev–Trinajstić information content (AvgIpc) is 3.25. The number of benzene rings is 3. The Morgan fingerprint density at radius 3 is 2.16 bits per heavy atom. The van der Waals surface area contributed by atoms with Gasteiger partial charge in [-0.2, -0.15) is 13.2 Å². The van der Waals surface area contributed by atoms with Crippen molar-refractivity contribution in [3.8, 4) is 11.5 Å². The first-order valence-electron chi connectivity index (χ1n) is 11.6. The normalized spacial score (nSPS) is 17.7. The number of amides is 1. The maximum atomic E-state index is 13.5. The number of carbonyl (C=O) groups excluding carboxylic acids is 2. The third kappa shape index (κ3) is 6.86. The first kappa shape index (κ1) is 27.1. The zero-order valence-electron chi connectivity index (χ0n) is 20.1. The minimum Gasteiger partial charge on any atom is -0.457 e. The van der Waals surface area contributed by atoms with Crippen LogP contribution in [0.3, 0.4) is 0 Å². The summed E-state index contributed by atoms with van der Waals surface area (Å²) < 4.78 is 70.7. The Hall–Kier alpha value is -3.99. The molecule has 0 radical (unpaired) electrons. The number of ether oxygens (including phenoxy) is 1. The lowest BCUT2D eigenvalue weighted by Gasteiger charge is -2.22. The van der Waals surface area contributed by atoms with Gasteiger partial charge >= 0.3 is 12.1 Å². The van der Waals surface area contributed by atoms with E-state index in [4.69, 9.17) is 4.74 Å². The standard InChI is InChI=1S/C27H23F5N2O4/c1-16-12-20(29)3-2-18(16)13-17-14-24(34(15-17)38-26(36)27(30,31)32)25(35)33-21-6-10-23(11-7-21)37-22-8-4-19(28)5-9-22/h2-12,17,24H,13-15H2,1H3,(H,33,35)/t17-,24+/m1/s1. The van der Waals surface area contributed by atoms with E-state index < -0.39 is 35.7 Å². The molecule has 3 aromatic carbocycles. The number of hydrogen-bond donors (Lipinski definition) is 1. The van der Waals surface area contributed by atoms with Crippen molar-refractivity contribution < 1.29 is 41.1 Å². The molecule has 38 heavy (non-hydrogen) atoms. The Labute approximate surface area is 214 Å². The van der Waals surface area contributed by atoms with E-state index in [0.717, 1.165) is 10.6 Å². The molecule has 11 heteroatoms. The Morgan fingerprint density at radius 2 is 1.55 bits per heavy atom. The fourth-order valence-corrected chi connectivity index (χ4v) is 4.20. The van der Waals surface area contributed by atoms with Crippen LogP contribution in [0.15, 0.2) is 66.7 Å². The van der Waals surface area contributed by atoms with Gasteiger partial charge in [-0.15, -0.1) is 5.06 Å². The Bertz CT molecular complexity index is 1300. The van der Waals surface area contributed by atoms with Gasteiger partial charge in [-0.1, -0.05) is 6.07 Å². The van der Waals surface area contributed by atoms with Crippen molar-refractivity contribution >= 4 is 17.6 Å². The molecule has 1 aliphatic rings. The molecule has 1 aliphatic heterocycles. The van der Waals surface area contributed by atoms with Crippen molar-refractivity contribution in [2.45, 2.75) is 32.0 Å². The van der Waals surface area contributed by atoms with Crippen LogP contribution in [0.2, 0.25) is 0 Å². The van der Waals surface area contributed by atoms with Crippen molar-refractivity contribution in [2.75, 3.05) is 11.9 Å². The van der Waals surface area contributed by atoms with Gasteiger partial charge in [-0.25, -0.2) is 13.6 Å². The SMILES string of the molecule is Cc1cc(F)ccc1C[C@@H]1C[C@@H](C(=O)Nc2ccc(Oc3ccc(F)cc3)cc2)N(OC(=O)C(F)(F)F)C1. The quantitative estimate of drug-likeness (QED) is 0.379. The maximum absolute atomic E-state index is 13.5. The molecule has 1 amide bonds. The summed E-state index contributed by atoms with van der Waals surface area (Å²) in [7, 11) is 0. The molecule has 0 aromatic heterocycles. The van der Waals surface area contributed by atoms with E-state index >= 15 is 0 Å². The highest BCUT2D eigenvalue weighted by atomic mass is 19.4. The topological polar surface area (TPSA) is 67.9 Å². The monoisotopic (exact) mass is 534 g/mol. The van der Waals surface area contributed by atoms with Gasteiger partial charge in [-0.05, 0) is 97.5 Å². The summed E-state index contributed by atoms with van der Waals surface area (Å²) in [6.07, 6.45) is -4.77. The van der Waals surface area contributed by atoms with Gasteiger partial charge in [0.05, 0.1) is 0 Å². The van der Waals surface area contributed by atoms with Crippen LogP contribution in [0.25, 0.3) is 0 Å². The summed E-state index contributed by atoms with van der Waals surface area (Å²) in [5.41, 5.74) is 1.78. The number of carbonyl (C=O) groups is 2. The largest absolute Gasteiger partial charge is 0.492 e. The van der Waals surface area contributed by atoms with Gasteiger partial charge in [0.2, 0.25) is 5.91 Å². The molecule has 1 saturated heterocycles. The van der Waals surface area contributed by atoms with Crippen LogP contribution < -0.4 is 10.1 Å². The molecule has 0 saturated carbocycles. The van der Waals surface area contributed by atoms with Crippen LogP contribution in [-0.4, -0.2) is 35.7 Å². The smallest absolute Gasteiger partial charge is 0.457 e. The predicted molar refractivity (Wildman–Crippen MR) is 127 cm³/mol. The van der Waals surface area contributed by atoms with Crippen LogP contribution in [-0.2, 0) is 20.8 Å². The average molecular weight is 534 g/mol. The number of hydroxylamine groups is 2. The highest BCUT2D eigenvalue weighted by Gasteiger charge is 2.46. The molecule has 1 N–H and O–H groups in total. The lowest BCUT2D eigenvalue weighted by atomic mass is 9.94. The van der Waals surface area contributed by atoms with E-state index in [1.807, 2.05) is 0 Å². The molecule has 6 nitrogen and oxygen atoms in total. The summed E-state index contributed by atoms with van der Waals surface area (Å²) >= 11 is 0. The van der Waals surface area contributed by atoms with E-state index in [1.54, 1.807) is 25.1 Å². The van der Waals surface area contributed by atoms with Crippen molar-refractivity contribution in [1.29, 1.82) is 0 Å². The first-order chi connectivity index (χ1) is 18.0. The van der Waals surface area contributed by atoms with Gasteiger partial charge in [0.15, 0.2) is 0 Å². The van der Waals surface area contributed by atoms with Crippen molar-refractivity contribution in [3.63, 3.8) is 0 Å². The van der Waals surface area contributed by atoms with Crippen molar-refractivity contribution in [1.82, 2.24) is 5.06 Å². The molecule has 0 bridgehead atoms. The summed E-state index contributed by atoms with van der Waals surface area (Å²) in [6.45, 7) is 1.60. The summed E-state index contributed by atoms with van der Waals surface area (Å²) in [5.74, 6) is -3.43. The third-order valence-electron chi connectivity index (χ3n) is 6.06. The van der Waals surface area contributed by atoms with Gasteiger partial charge in [-0.3, -0.25) is 4.79 Å². The number of aryl methyl sites for hydroxylation is 1. The molecule has 0 aliphatic carbocycles. The summed E-state index contributed by atoms with van der Waals surface area (Å²) in [5, 5.41) is 3.37. The maximum Gasteiger partial charge on any atom is 0.492 e. The molecular weight excluding hydrogens is 511 g/mol. The molecule has 2 atom stereocenters. The Balaban J connectivity index is 1.44. The summed E-state index contributed by atoms with van der Waals surface area (Å²) in [6, 6.07) is 14.6. The first-order valence-corrected chi connectivity index (χ1v) is 11.6. The van der Waals surface area contributed by atoms with E-state index in [1.165, 1.54) is 48.5 Å². The van der Waals surface area contributed by atoms with Crippen LogP contribution in [0, 0.1) is 24.5 Å². The number of nitrogens with one attached hydrogen (secondary N) is 1. The number of halogens is 5. The van der Waals surface area contributed by atoms with E-state index in [2.05, 4.69) is 10.2 Å². The lowest BCUT2D eigenvalue weighted by molar-refractivity contribution is -0.240. The number of anilines is 1.